The molecular weight excluding hydrogens is 379 g/mol. The zero-order valence-corrected chi connectivity index (χ0v) is 17.0. The molecule has 0 spiro atoms. The maximum absolute atomic E-state index is 13.3. The smallest absolute Gasteiger partial charge is 0.239 e. The Kier molecular flexibility index (Phi) is 5.96. The topological polar surface area (TPSA) is 78.1 Å². The van der Waals surface area contributed by atoms with Gasteiger partial charge in [0.2, 0.25) is 5.91 Å². The van der Waals surface area contributed by atoms with Crippen molar-refractivity contribution >= 4 is 22.5 Å². The van der Waals surface area contributed by atoms with Crippen LogP contribution in [0.5, 0.6) is 0 Å². The molecule has 1 aromatic heterocycles. The van der Waals surface area contributed by atoms with Gasteiger partial charge in [-0.1, -0.05) is 0 Å². The van der Waals surface area contributed by atoms with Gasteiger partial charge < -0.3 is 5.32 Å². The molecule has 1 saturated heterocycles. The van der Waals surface area contributed by atoms with E-state index in [4.69, 9.17) is 0 Å². The van der Waals surface area contributed by atoms with Gasteiger partial charge in [-0.15, -0.1) is 0 Å². The van der Waals surface area contributed by atoms with Crippen LogP contribution in [0.2, 0.25) is 0 Å². The number of amides is 1. The molecule has 2 aromatic rings. The summed E-state index contributed by atoms with van der Waals surface area (Å²) in [7, 11) is -0.830. The van der Waals surface area contributed by atoms with E-state index in [9.17, 15) is 18.7 Å². The van der Waals surface area contributed by atoms with Crippen molar-refractivity contribution in [1.29, 1.82) is 5.26 Å². The second-order valence-electron chi connectivity index (χ2n) is 7.04. The van der Waals surface area contributed by atoms with Crippen LogP contribution in [0.15, 0.2) is 24.3 Å². The number of hydrogen-bond acceptors (Lipinski definition) is 4. The van der Waals surface area contributed by atoms with Gasteiger partial charge in [0.15, 0.2) is 0 Å². The lowest BCUT2D eigenvalue weighted by Gasteiger charge is -2.32. The number of halogens is 1. The zero-order valence-electron chi connectivity index (χ0n) is 16.2. The summed E-state index contributed by atoms with van der Waals surface area (Å²) in [4.78, 5) is 14.7. The molecule has 0 unspecified atom stereocenters. The third kappa shape index (κ3) is 4.01. The Hall–Kier alpha value is -2.50. The third-order valence-corrected chi connectivity index (χ3v) is 6.66. The van der Waals surface area contributed by atoms with Crippen molar-refractivity contribution in [3.63, 3.8) is 0 Å². The number of anilines is 1. The van der Waals surface area contributed by atoms with E-state index in [0.29, 0.717) is 35.1 Å². The number of nitrogens with zero attached hydrogens (tertiary/aromatic N) is 3. The van der Waals surface area contributed by atoms with Crippen LogP contribution in [0.25, 0.3) is 5.69 Å². The zero-order chi connectivity index (χ0) is 20.4. The Morgan fingerprint density at radius 1 is 1.36 bits per heavy atom. The first-order valence-electron chi connectivity index (χ1n) is 9.08. The molecule has 28 heavy (non-hydrogen) atoms. The van der Waals surface area contributed by atoms with Crippen LogP contribution in [-0.2, 0) is 15.6 Å². The van der Waals surface area contributed by atoms with E-state index < -0.39 is 10.8 Å². The lowest BCUT2D eigenvalue weighted by atomic mass is 10.2. The van der Waals surface area contributed by atoms with E-state index in [1.807, 2.05) is 25.7 Å². The summed E-state index contributed by atoms with van der Waals surface area (Å²) in [5, 5.41) is 12.5. The fraction of sp³-hybridized carbons (Fsp3) is 0.400. The summed E-state index contributed by atoms with van der Waals surface area (Å²) >= 11 is 0. The molecule has 0 radical (unpaired) electrons. The van der Waals surface area contributed by atoms with Crippen LogP contribution in [0.4, 0.5) is 10.2 Å². The van der Waals surface area contributed by atoms with Crippen molar-refractivity contribution < 1.29 is 13.4 Å². The molecule has 1 aliphatic rings. The number of nitriles is 1. The van der Waals surface area contributed by atoms with Crippen molar-refractivity contribution in [1.82, 2.24) is 9.47 Å². The first kappa shape index (κ1) is 20.2. The van der Waals surface area contributed by atoms with Gasteiger partial charge in [-0.25, -0.2) is 4.39 Å². The minimum absolute atomic E-state index is 0.0585. The van der Waals surface area contributed by atoms with E-state index in [-0.39, 0.29) is 24.3 Å². The Morgan fingerprint density at radius 2 is 2.04 bits per heavy atom. The quantitative estimate of drug-likeness (QED) is 0.852. The first-order valence-corrected chi connectivity index (χ1v) is 10.6. The lowest BCUT2D eigenvalue weighted by molar-refractivity contribution is -0.117. The SMILES string of the molecule is Cc1c(C#N)c(NC(=O)CN2CC[S@](=O)C[C@H]2C)n(-c2ccc(F)cc2)c1C. The molecule has 8 heteroatoms. The lowest BCUT2D eigenvalue weighted by Crippen LogP contribution is -2.48. The average Bonchev–Trinajstić information content (AvgIpc) is 2.88. The largest absolute Gasteiger partial charge is 0.310 e. The van der Waals surface area contributed by atoms with Crippen molar-refractivity contribution in [2.75, 3.05) is 29.9 Å². The van der Waals surface area contributed by atoms with Crippen molar-refractivity contribution in [2.24, 2.45) is 0 Å². The summed E-state index contributed by atoms with van der Waals surface area (Å²) in [6.45, 7) is 6.41. The number of carbonyl (C=O) groups is 1. The van der Waals surface area contributed by atoms with Crippen LogP contribution in [-0.4, -0.2) is 50.2 Å². The van der Waals surface area contributed by atoms with Gasteiger partial charge in [-0.3, -0.25) is 18.5 Å². The average molecular weight is 402 g/mol. The van der Waals surface area contributed by atoms with Crippen molar-refractivity contribution in [3.8, 4) is 11.8 Å². The van der Waals surface area contributed by atoms with Crippen molar-refractivity contribution in [2.45, 2.75) is 26.8 Å². The molecule has 1 amide bonds. The number of benzene rings is 1. The summed E-state index contributed by atoms with van der Waals surface area (Å²) in [6, 6.07) is 8.14. The Labute approximate surface area is 166 Å². The van der Waals surface area contributed by atoms with Crippen LogP contribution in [0.1, 0.15) is 23.7 Å². The predicted octanol–water partition coefficient (Wildman–Crippen LogP) is 2.50. The number of rotatable bonds is 4. The molecule has 6 nitrogen and oxygen atoms in total. The third-order valence-electron chi connectivity index (χ3n) is 5.17. The van der Waals surface area contributed by atoms with Crippen LogP contribution in [0, 0.1) is 31.0 Å². The van der Waals surface area contributed by atoms with Crippen LogP contribution in [0.3, 0.4) is 0 Å². The number of carbonyl (C=O) groups excluding carboxylic acids is 1. The van der Waals surface area contributed by atoms with E-state index >= 15 is 0 Å². The van der Waals surface area contributed by atoms with Gasteiger partial charge in [-0.2, -0.15) is 5.26 Å². The molecule has 1 N–H and O–H groups in total. The van der Waals surface area contributed by atoms with E-state index in [1.54, 1.807) is 16.7 Å². The van der Waals surface area contributed by atoms with Gasteiger partial charge in [0.1, 0.15) is 17.7 Å². The van der Waals surface area contributed by atoms with E-state index in [1.165, 1.54) is 12.1 Å². The highest BCUT2D eigenvalue weighted by Crippen LogP contribution is 2.30. The molecular formula is C20H23FN4O2S. The molecule has 148 valence electrons. The highest BCUT2D eigenvalue weighted by atomic mass is 32.2. The fourth-order valence-corrected chi connectivity index (χ4v) is 4.82. The Morgan fingerprint density at radius 3 is 2.64 bits per heavy atom. The molecule has 1 fully saturated rings. The number of nitrogens with one attached hydrogen (secondary N) is 1. The van der Waals surface area contributed by atoms with E-state index in [0.717, 1.165) is 11.3 Å². The maximum atomic E-state index is 13.3. The van der Waals surface area contributed by atoms with Gasteiger partial charge in [0.25, 0.3) is 0 Å². The minimum atomic E-state index is -0.830. The monoisotopic (exact) mass is 402 g/mol. The van der Waals surface area contributed by atoms with E-state index in [2.05, 4.69) is 11.4 Å². The Balaban J connectivity index is 1.89. The summed E-state index contributed by atoms with van der Waals surface area (Å²) in [5.41, 5.74) is 2.63. The van der Waals surface area contributed by atoms with Crippen LogP contribution >= 0.6 is 0 Å². The number of aromatic nitrogens is 1. The fourth-order valence-electron chi connectivity index (χ4n) is 3.46. The summed E-state index contributed by atoms with van der Waals surface area (Å²) < 4.78 is 26.8. The number of hydrogen-bond donors (Lipinski definition) is 1. The second kappa shape index (κ2) is 8.25. The minimum Gasteiger partial charge on any atom is -0.310 e. The molecule has 1 aromatic carbocycles. The first-order chi connectivity index (χ1) is 13.3. The normalized spacial score (nSPS) is 20.0. The van der Waals surface area contributed by atoms with Gasteiger partial charge >= 0.3 is 0 Å². The highest BCUT2D eigenvalue weighted by Gasteiger charge is 2.26. The molecule has 3 rings (SSSR count). The maximum Gasteiger partial charge on any atom is 0.239 e. The van der Waals surface area contributed by atoms with Gasteiger partial charge in [-0.05, 0) is 50.6 Å². The Bertz CT molecular complexity index is 962. The molecule has 2 atom stereocenters. The molecule has 1 aliphatic heterocycles. The molecule has 0 saturated carbocycles. The standard InChI is InChI=1S/C20H23FN4O2S/c1-13-12-28(27)9-8-24(13)11-19(26)23-20-18(10-22)14(2)15(3)25(20)17-6-4-16(21)5-7-17/h4-7,13H,8-9,11-12H2,1-3H3,(H,23,26)/t13-,28+/m1/s1. The molecule has 2 heterocycles. The predicted molar refractivity (Wildman–Crippen MR) is 107 cm³/mol. The molecule has 0 bridgehead atoms. The summed E-state index contributed by atoms with van der Waals surface area (Å²) in [5.74, 6) is 0.915. The molecule has 0 aliphatic carbocycles. The summed E-state index contributed by atoms with van der Waals surface area (Å²) in [6.07, 6.45) is 0. The highest BCUT2D eigenvalue weighted by molar-refractivity contribution is 7.85. The van der Waals surface area contributed by atoms with Crippen molar-refractivity contribution in [3.05, 3.63) is 46.9 Å². The van der Waals surface area contributed by atoms with Gasteiger partial charge in [0, 0.05) is 46.3 Å². The van der Waals surface area contributed by atoms with Gasteiger partial charge in [0.05, 0.1) is 12.1 Å². The second-order valence-corrected chi connectivity index (χ2v) is 8.66. The van der Waals surface area contributed by atoms with Crippen LogP contribution < -0.4 is 5.32 Å².